The van der Waals surface area contributed by atoms with Crippen molar-refractivity contribution in [3.63, 3.8) is 0 Å². The molecule has 6 nitrogen and oxygen atoms in total. The fourth-order valence-corrected chi connectivity index (χ4v) is 7.42. The molecule has 4 aromatic carbocycles. The first-order valence-corrected chi connectivity index (χ1v) is 19.2. The average Bonchev–Trinajstić information content (AvgIpc) is 3.55. The van der Waals surface area contributed by atoms with E-state index in [1.54, 1.807) is 6.33 Å². The zero-order valence-corrected chi connectivity index (χ0v) is 36.2. The number of hydrogen-bond acceptors (Lipinski definition) is 6. The topological polar surface area (TPSA) is 89.1 Å². The number of aryl methyl sites for hydroxylation is 4. The van der Waals surface area contributed by atoms with Crippen LogP contribution in [0.1, 0.15) is 89.5 Å². The molecule has 0 aliphatic carbocycles. The van der Waals surface area contributed by atoms with Crippen molar-refractivity contribution in [2.24, 2.45) is 10.8 Å². The second kappa shape index (κ2) is 16.6. The smallest absolute Gasteiger partial charge is 0.216 e. The van der Waals surface area contributed by atoms with Crippen LogP contribution >= 0.6 is 0 Å². The van der Waals surface area contributed by atoms with Gasteiger partial charge in [-0.05, 0) is 93.0 Å². The molecule has 7 rings (SSSR count). The minimum atomic E-state index is -0.337. The Bertz CT molecular complexity index is 2540. The third kappa shape index (κ3) is 7.75. The Kier molecular flexibility index (Phi) is 12.5. The zero-order valence-electron chi connectivity index (χ0n) is 33.8. The van der Waals surface area contributed by atoms with Crippen molar-refractivity contribution in [3.8, 4) is 22.5 Å². The Hall–Kier alpha value is -4.71. The van der Waals surface area contributed by atoms with Gasteiger partial charge in [-0.3, -0.25) is 9.78 Å². The van der Waals surface area contributed by atoms with Crippen molar-refractivity contribution in [2.45, 2.75) is 94.9 Å². The van der Waals surface area contributed by atoms with Gasteiger partial charge in [-0.15, -0.1) is 18.2 Å². The standard InChI is InChI=1S/C33H24N3O.C15H28O2.Ir/c1-18-15-21(4)29-22(16-18)11-12-25-30(34-17-35-31(25)29)26-10-6-9-23-24-13-14-27(36-33(24)37-32(23)26)28-19(2)7-5-8-20(28)3;1-7-14(5,8-2)12(16)11-13(17)15(6,9-3)10-4;/h5-9,11-17H,1-4H3;11,16H,7-10H2,1-6H3;/q-1;;/b;12-11-;. The number of rotatable bonds is 9. The number of aliphatic hydroxyl groups is 1. The van der Waals surface area contributed by atoms with Crippen molar-refractivity contribution in [1.29, 1.82) is 0 Å². The van der Waals surface area contributed by atoms with Gasteiger partial charge in [-0.2, -0.15) is 0 Å². The first-order valence-electron chi connectivity index (χ1n) is 19.2. The van der Waals surface area contributed by atoms with Gasteiger partial charge in [-0.25, -0.2) is 9.97 Å². The van der Waals surface area contributed by atoms with Crippen LogP contribution in [-0.4, -0.2) is 25.8 Å². The van der Waals surface area contributed by atoms with E-state index >= 15 is 0 Å². The SMILES string of the molecule is CCC(C)(CC)C(=O)/C=C(\O)C(C)(CC)CC.Cc1cc(C)c2c(ccc3c(-c4[c-]ccc5c4oc4nc(-c6c(C)cccc6C)ccc45)ncnc32)c1.[Ir]. The average molecular weight is 911 g/mol. The van der Waals surface area contributed by atoms with Crippen LogP contribution in [0.25, 0.3) is 66.3 Å². The summed E-state index contributed by atoms with van der Waals surface area (Å²) in [7, 11) is 0. The Morgan fingerprint density at radius 2 is 1.45 bits per heavy atom. The second-order valence-electron chi connectivity index (χ2n) is 15.3. The van der Waals surface area contributed by atoms with Gasteiger partial charge in [0.15, 0.2) is 5.78 Å². The summed E-state index contributed by atoms with van der Waals surface area (Å²) in [5, 5.41) is 15.4. The maximum Gasteiger partial charge on any atom is 0.216 e. The number of fused-ring (bicyclic) bond motifs is 6. The minimum absolute atomic E-state index is 0. The maximum absolute atomic E-state index is 12.2. The number of allylic oxidation sites excluding steroid dienone is 2. The summed E-state index contributed by atoms with van der Waals surface area (Å²) in [4.78, 5) is 26.5. The molecule has 7 heteroatoms. The molecule has 0 atom stereocenters. The molecule has 0 unspecified atom stereocenters. The number of aliphatic hydroxyl groups excluding tert-OH is 1. The largest absolute Gasteiger partial charge is 0.512 e. The van der Waals surface area contributed by atoms with Crippen molar-refractivity contribution in [3.05, 3.63) is 113 Å². The minimum Gasteiger partial charge on any atom is -0.512 e. The Balaban J connectivity index is 0.000000276. The molecule has 7 aromatic rings. The summed E-state index contributed by atoms with van der Waals surface area (Å²) in [6.45, 7) is 20.6. The van der Waals surface area contributed by atoms with E-state index in [0.29, 0.717) is 5.71 Å². The molecule has 0 spiro atoms. The molecule has 0 aliphatic heterocycles. The number of carbonyl (C=O) groups excluding carboxylic acids is 1. The van der Waals surface area contributed by atoms with Crippen LogP contribution in [0.15, 0.2) is 89.3 Å². The molecular weight excluding hydrogens is 859 g/mol. The van der Waals surface area contributed by atoms with E-state index in [1.165, 1.54) is 33.7 Å². The Morgan fingerprint density at radius 3 is 2.11 bits per heavy atom. The zero-order chi connectivity index (χ0) is 38.9. The predicted molar refractivity (Wildman–Crippen MR) is 224 cm³/mol. The molecule has 0 fully saturated rings. The maximum atomic E-state index is 12.2. The molecule has 0 bridgehead atoms. The number of hydrogen-bond donors (Lipinski definition) is 1. The molecule has 1 radical (unpaired) electrons. The Labute approximate surface area is 338 Å². The van der Waals surface area contributed by atoms with Crippen LogP contribution in [0, 0.1) is 44.6 Å². The second-order valence-corrected chi connectivity index (χ2v) is 15.3. The van der Waals surface area contributed by atoms with Gasteiger partial charge in [0.25, 0.3) is 0 Å². The van der Waals surface area contributed by atoms with Crippen LogP contribution in [0.4, 0.5) is 0 Å². The van der Waals surface area contributed by atoms with Gasteiger partial charge in [0.2, 0.25) is 5.71 Å². The van der Waals surface area contributed by atoms with Gasteiger partial charge < -0.3 is 9.52 Å². The van der Waals surface area contributed by atoms with E-state index in [0.717, 1.165) is 80.8 Å². The first kappa shape index (κ1) is 41.5. The molecule has 0 saturated carbocycles. The molecule has 3 aromatic heterocycles. The number of carbonyl (C=O) groups is 1. The van der Waals surface area contributed by atoms with E-state index < -0.39 is 0 Å². The fourth-order valence-electron chi connectivity index (χ4n) is 7.42. The van der Waals surface area contributed by atoms with E-state index in [4.69, 9.17) is 19.4 Å². The van der Waals surface area contributed by atoms with Crippen LogP contribution in [-0.2, 0) is 24.9 Å². The first-order chi connectivity index (χ1) is 25.8. The fraction of sp³-hybridized carbons (Fsp3) is 0.333. The number of nitrogens with zero attached hydrogens (tertiary/aromatic N) is 3. The Morgan fingerprint density at radius 1 is 0.800 bits per heavy atom. The van der Waals surface area contributed by atoms with Gasteiger partial charge >= 0.3 is 0 Å². The molecular formula is C48H52IrN3O3-. The van der Waals surface area contributed by atoms with Crippen LogP contribution in [0.3, 0.4) is 0 Å². The van der Waals surface area contributed by atoms with E-state index in [2.05, 4.69) is 88.4 Å². The summed E-state index contributed by atoms with van der Waals surface area (Å²) in [5.41, 5.74) is 10.2. The normalized spacial score (nSPS) is 12.2. The molecule has 287 valence electrons. The molecule has 1 N–H and O–H groups in total. The van der Waals surface area contributed by atoms with Gasteiger partial charge in [-0.1, -0.05) is 101 Å². The third-order valence-electron chi connectivity index (χ3n) is 11.9. The predicted octanol–water partition coefficient (Wildman–Crippen LogP) is 13.1. The van der Waals surface area contributed by atoms with Gasteiger partial charge in [0.1, 0.15) is 12.1 Å². The molecule has 3 heterocycles. The third-order valence-corrected chi connectivity index (χ3v) is 11.9. The van der Waals surface area contributed by atoms with Crippen molar-refractivity contribution >= 4 is 49.5 Å². The number of pyridine rings is 1. The van der Waals surface area contributed by atoms with Crippen LogP contribution in [0.2, 0.25) is 0 Å². The monoisotopic (exact) mass is 911 g/mol. The number of aromatic nitrogens is 3. The summed E-state index contributed by atoms with van der Waals surface area (Å²) < 4.78 is 6.45. The van der Waals surface area contributed by atoms with Crippen LogP contribution < -0.4 is 0 Å². The van der Waals surface area contributed by atoms with Crippen molar-refractivity contribution in [1.82, 2.24) is 15.0 Å². The molecule has 0 aliphatic rings. The van der Waals surface area contributed by atoms with Crippen molar-refractivity contribution < 1.29 is 34.4 Å². The molecule has 55 heavy (non-hydrogen) atoms. The number of benzene rings is 4. The molecule has 0 amide bonds. The summed E-state index contributed by atoms with van der Waals surface area (Å²) in [6, 6.07) is 26.6. The van der Waals surface area contributed by atoms with Crippen LogP contribution in [0.5, 0.6) is 0 Å². The number of ketones is 1. The number of furan rings is 1. The van der Waals surface area contributed by atoms with E-state index in [-0.39, 0.29) is 42.5 Å². The molecule has 0 saturated heterocycles. The van der Waals surface area contributed by atoms with Gasteiger partial charge in [0, 0.05) is 59.0 Å². The van der Waals surface area contributed by atoms with E-state index in [1.807, 2.05) is 53.7 Å². The summed E-state index contributed by atoms with van der Waals surface area (Å²) >= 11 is 0. The van der Waals surface area contributed by atoms with Crippen molar-refractivity contribution in [2.75, 3.05) is 0 Å². The summed E-state index contributed by atoms with van der Waals surface area (Å²) in [6.07, 6.45) is 6.40. The summed E-state index contributed by atoms with van der Waals surface area (Å²) in [5.74, 6) is 0.286. The quantitative estimate of drug-likeness (QED) is 0.0672. The van der Waals surface area contributed by atoms with Gasteiger partial charge in [0.05, 0.1) is 16.8 Å². The van der Waals surface area contributed by atoms with E-state index in [9.17, 15) is 9.90 Å².